The molecule has 0 spiro atoms. The molecule has 150 valence electrons. The van der Waals surface area contributed by atoms with Gasteiger partial charge in [-0.05, 0) is 43.3 Å². The molecule has 1 aromatic carbocycles. The topological polar surface area (TPSA) is 98.0 Å². The van der Waals surface area contributed by atoms with Crippen LogP contribution in [-0.4, -0.2) is 51.9 Å². The van der Waals surface area contributed by atoms with Gasteiger partial charge in [-0.1, -0.05) is 12.1 Å². The van der Waals surface area contributed by atoms with Crippen molar-refractivity contribution in [2.45, 2.75) is 6.92 Å². The molecule has 0 saturated carbocycles. The first-order valence-corrected chi connectivity index (χ1v) is 9.70. The van der Waals surface area contributed by atoms with Crippen LogP contribution in [0.3, 0.4) is 0 Å². The lowest BCUT2D eigenvalue weighted by atomic mass is 10.2. The van der Waals surface area contributed by atoms with Crippen molar-refractivity contribution in [3.05, 3.63) is 71.7 Å². The van der Waals surface area contributed by atoms with Crippen LogP contribution in [0.2, 0.25) is 0 Å². The molecule has 8 nitrogen and oxygen atoms in total. The lowest BCUT2D eigenvalue weighted by molar-refractivity contribution is 0.0740. The standard InChI is InChI=1S/C22H21N7O/c1-16-13-19(27-22(25-16)26-18-6-4-5-17(14-18)15-23)21(30)29-11-9-28(10-12-29)20-7-2-3-8-24-20/h2-8,13-14H,9-12H2,1H3,(H,25,26,27). The number of benzene rings is 1. The zero-order valence-corrected chi connectivity index (χ0v) is 16.6. The predicted octanol–water partition coefficient (Wildman–Crippen LogP) is 2.76. The average Bonchev–Trinajstić information content (AvgIpc) is 2.79. The minimum absolute atomic E-state index is 0.116. The second-order valence-corrected chi connectivity index (χ2v) is 7.00. The number of piperazine rings is 1. The maximum Gasteiger partial charge on any atom is 0.272 e. The molecule has 0 atom stereocenters. The molecule has 4 rings (SSSR count). The molecular formula is C22H21N7O. The Bertz CT molecular complexity index is 1090. The van der Waals surface area contributed by atoms with Crippen LogP contribution in [0.15, 0.2) is 54.7 Å². The second-order valence-electron chi connectivity index (χ2n) is 7.00. The van der Waals surface area contributed by atoms with Crippen LogP contribution >= 0.6 is 0 Å². The van der Waals surface area contributed by atoms with Gasteiger partial charge in [-0.15, -0.1) is 0 Å². The van der Waals surface area contributed by atoms with Crippen LogP contribution in [-0.2, 0) is 0 Å². The molecule has 1 saturated heterocycles. The molecule has 1 aliphatic heterocycles. The van der Waals surface area contributed by atoms with E-state index >= 15 is 0 Å². The molecule has 0 bridgehead atoms. The van der Waals surface area contributed by atoms with Crippen molar-refractivity contribution in [1.82, 2.24) is 19.9 Å². The van der Waals surface area contributed by atoms with Crippen LogP contribution in [0, 0.1) is 18.3 Å². The van der Waals surface area contributed by atoms with E-state index in [0.717, 1.165) is 18.9 Å². The van der Waals surface area contributed by atoms with Crippen LogP contribution in [0.25, 0.3) is 0 Å². The Kier molecular flexibility index (Phi) is 5.52. The van der Waals surface area contributed by atoms with Crippen molar-refractivity contribution in [2.75, 3.05) is 36.4 Å². The minimum Gasteiger partial charge on any atom is -0.353 e. The molecule has 8 heteroatoms. The van der Waals surface area contributed by atoms with Crippen LogP contribution < -0.4 is 10.2 Å². The smallest absolute Gasteiger partial charge is 0.272 e. The number of amides is 1. The Balaban J connectivity index is 1.46. The predicted molar refractivity (Wildman–Crippen MR) is 114 cm³/mol. The number of nitriles is 1. The summed E-state index contributed by atoms with van der Waals surface area (Å²) in [4.78, 5) is 30.2. The maximum absolute atomic E-state index is 13.0. The number of pyridine rings is 1. The minimum atomic E-state index is -0.116. The first-order chi connectivity index (χ1) is 14.6. The highest BCUT2D eigenvalue weighted by molar-refractivity contribution is 5.93. The molecule has 0 radical (unpaired) electrons. The third-order valence-electron chi connectivity index (χ3n) is 4.86. The van der Waals surface area contributed by atoms with Gasteiger partial charge in [0.25, 0.3) is 5.91 Å². The van der Waals surface area contributed by atoms with E-state index in [9.17, 15) is 4.79 Å². The summed E-state index contributed by atoms with van der Waals surface area (Å²) in [5.41, 5.74) is 2.28. The number of carbonyl (C=O) groups is 1. The Morgan fingerprint density at radius 3 is 2.63 bits per heavy atom. The van der Waals surface area contributed by atoms with E-state index in [4.69, 9.17) is 5.26 Å². The maximum atomic E-state index is 13.0. The number of rotatable bonds is 4. The van der Waals surface area contributed by atoms with Crippen molar-refractivity contribution in [3.8, 4) is 6.07 Å². The first kappa shape index (κ1) is 19.3. The van der Waals surface area contributed by atoms with Gasteiger partial charge in [-0.25, -0.2) is 15.0 Å². The summed E-state index contributed by atoms with van der Waals surface area (Å²) >= 11 is 0. The summed E-state index contributed by atoms with van der Waals surface area (Å²) in [6, 6.07) is 16.7. The number of anilines is 3. The number of hydrogen-bond donors (Lipinski definition) is 1. The number of hydrogen-bond acceptors (Lipinski definition) is 7. The summed E-state index contributed by atoms with van der Waals surface area (Å²) in [6.45, 7) is 4.48. The van der Waals surface area contributed by atoms with Crippen molar-refractivity contribution < 1.29 is 4.79 Å². The van der Waals surface area contributed by atoms with Crippen LogP contribution in [0.5, 0.6) is 0 Å². The van der Waals surface area contributed by atoms with Gasteiger partial charge in [0.1, 0.15) is 11.5 Å². The molecule has 1 amide bonds. The molecular weight excluding hydrogens is 378 g/mol. The molecule has 3 aromatic rings. The number of aryl methyl sites for hydroxylation is 1. The molecule has 3 heterocycles. The van der Waals surface area contributed by atoms with Crippen LogP contribution in [0.1, 0.15) is 21.7 Å². The molecule has 1 N–H and O–H groups in total. The fourth-order valence-electron chi connectivity index (χ4n) is 3.37. The third-order valence-corrected chi connectivity index (χ3v) is 4.86. The Morgan fingerprint density at radius 2 is 1.90 bits per heavy atom. The summed E-state index contributed by atoms with van der Waals surface area (Å²) in [5.74, 6) is 1.14. The van der Waals surface area contributed by atoms with E-state index in [-0.39, 0.29) is 5.91 Å². The first-order valence-electron chi connectivity index (χ1n) is 9.70. The molecule has 1 fully saturated rings. The van der Waals surface area contributed by atoms with E-state index in [1.54, 1.807) is 35.4 Å². The summed E-state index contributed by atoms with van der Waals surface area (Å²) in [7, 11) is 0. The van der Waals surface area contributed by atoms with E-state index < -0.39 is 0 Å². The molecule has 30 heavy (non-hydrogen) atoms. The van der Waals surface area contributed by atoms with E-state index in [0.29, 0.717) is 41.7 Å². The zero-order chi connectivity index (χ0) is 20.9. The fraction of sp³-hybridized carbons (Fsp3) is 0.227. The number of aromatic nitrogens is 3. The van der Waals surface area contributed by atoms with E-state index in [2.05, 4.69) is 31.2 Å². The van der Waals surface area contributed by atoms with Crippen molar-refractivity contribution >= 4 is 23.4 Å². The Morgan fingerprint density at radius 1 is 1.07 bits per heavy atom. The zero-order valence-electron chi connectivity index (χ0n) is 16.6. The number of nitrogens with one attached hydrogen (secondary N) is 1. The van der Waals surface area contributed by atoms with E-state index in [1.165, 1.54) is 0 Å². The van der Waals surface area contributed by atoms with Gasteiger partial charge in [0, 0.05) is 43.8 Å². The van der Waals surface area contributed by atoms with Gasteiger partial charge in [-0.3, -0.25) is 4.79 Å². The van der Waals surface area contributed by atoms with E-state index in [1.807, 2.05) is 31.2 Å². The number of nitrogens with zero attached hydrogens (tertiary/aromatic N) is 6. The lowest BCUT2D eigenvalue weighted by Gasteiger charge is -2.35. The van der Waals surface area contributed by atoms with Gasteiger partial charge < -0.3 is 15.1 Å². The molecule has 0 aliphatic carbocycles. The van der Waals surface area contributed by atoms with Gasteiger partial charge in [-0.2, -0.15) is 5.26 Å². The Hall–Kier alpha value is -3.99. The van der Waals surface area contributed by atoms with Gasteiger partial charge in [0.15, 0.2) is 0 Å². The highest BCUT2D eigenvalue weighted by Crippen LogP contribution is 2.18. The Labute approximate surface area is 174 Å². The quantitative estimate of drug-likeness (QED) is 0.720. The number of carbonyl (C=O) groups excluding carboxylic acids is 1. The van der Waals surface area contributed by atoms with Crippen molar-refractivity contribution in [3.63, 3.8) is 0 Å². The SMILES string of the molecule is Cc1cc(C(=O)N2CCN(c3ccccn3)CC2)nc(Nc2cccc(C#N)c2)n1. The van der Waals surface area contributed by atoms with Crippen LogP contribution in [0.4, 0.5) is 17.5 Å². The summed E-state index contributed by atoms with van der Waals surface area (Å²) in [6.07, 6.45) is 1.78. The van der Waals surface area contributed by atoms with Gasteiger partial charge in [0.2, 0.25) is 5.95 Å². The monoisotopic (exact) mass is 399 g/mol. The van der Waals surface area contributed by atoms with Crippen molar-refractivity contribution in [1.29, 1.82) is 5.26 Å². The highest BCUT2D eigenvalue weighted by Gasteiger charge is 2.24. The molecule has 2 aromatic heterocycles. The largest absolute Gasteiger partial charge is 0.353 e. The summed E-state index contributed by atoms with van der Waals surface area (Å²) in [5, 5.41) is 12.1. The van der Waals surface area contributed by atoms with Gasteiger partial charge in [0.05, 0.1) is 11.6 Å². The fourth-order valence-corrected chi connectivity index (χ4v) is 3.37. The normalized spacial score (nSPS) is 13.6. The average molecular weight is 399 g/mol. The molecule has 0 unspecified atom stereocenters. The summed E-state index contributed by atoms with van der Waals surface area (Å²) < 4.78 is 0. The van der Waals surface area contributed by atoms with Gasteiger partial charge >= 0.3 is 0 Å². The highest BCUT2D eigenvalue weighted by atomic mass is 16.2. The second kappa shape index (κ2) is 8.57. The molecule has 1 aliphatic rings. The lowest BCUT2D eigenvalue weighted by Crippen LogP contribution is -2.49. The van der Waals surface area contributed by atoms with Crippen molar-refractivity contribution in [2.24, 2.45) is 0 Å². The third kappa shape index (κ3) is 4.36.